The van der Waals surface area contributed by atoms with Crippen LogP contribution in [0.1, 0.15) is 20.7 Å². The van der Waals surface area contributed by atoms with Gasteiger partial charge in [0.15, 0.2) is 0 Å². The predicted octanol–water partition coefficient (Wildman–Crippen LogP) is 1.84. The maximum Gasteiger partial charge on any atom is 0.310 e. The van der Waals surface area contributed by atoms with E-state index in [1.54, 1.807) is 24.3 Å². The molecule has 0 atom stereocenters. The molecule has 1 aliphatic heterocycles. The average Bonchev–Trinajstić information content (AvgIpc) is 2.49. The van der Waals surface area contributed by atoms with E-state index < -0.39 is 21.9 Å². The Kier molecular flexibility index (Phi) is 2.89. The highest BCUT2D eigenvalue weighted by Crippen LogP contribution is 2.30. The van der Waals surface area contributed by atoms with Crippen molar-refractivity contribution in [2.24, 2.45) is 0 Å². The molecule has 2 aromatic rings. The molecule has 0 aliphatic carbocycles. The van der Waals surface area contributed by atoms with Crippen LogP contribution in [0.5, 0.6) is 0 Å². The van der Waals surface area contributed by atoms with Gasteiger partial charge in [0.25, 0.3) is 11.8 Å². The van der Waals surface area contributed by atoms with Crippen LogP contribution < -0.4 is 0 Å². The number of carbonyl (C=O) groups is 2. The van der Waals surface area contributed by atoms with Crippen molar-refractivity contribution < 1.29 is 22.3 Å². The Morgan fingerprint density at radius 1 is 1.00 bits per heavy atom. The van der Waals surface area contributed by atoms with Gasteiger partial charge in [-0.3, -0.25) is 9.59 Å². The molecule has 2 aromatic carbocycles. The maximum absolute atomic E-state index is 12.3. The molecule has 0 N–H and O–H groups in total. The Hall–Kier alpha value is -2.51. The number of benzene rings is 2. The lowest BCUT2D eigenvalue weighted by molar-refractivity contribution is -0.0145. The molecule has 0 unspecified atom stereocenters. The van der Waals surface area contributed by atoms with Crippen LogP contribution in [-0.4, -0.2) is 25.3 Å². The summed E-state index contributed by atoms with van der Waals surface area (Å²) >= 11 is 0. The largest absolute Gasteiger partial charge is 0.310 e. The molecule has 3 rings (SSSR count). The third-order valence-electron chi connectivity index (χ3n) is 3.12. The number of rotatable bonds is 3. The first kappa shape index (κ1) is 13.5. The average molecular weight is 303 g/mol. The van der Waals surface area contributed by atoms with E-state index in [1.807, 2.05) is 0 Å². The number of imide groups is 1. The number of hydrogen-bond acceptors (Lipinski definition) is 5. The molecule has 6 nitrogen and oxygen atoms in total. The Balaban J connectivity index is 2.22. The zero-order chi connectivity index (χ0) is 15.2. The Labute approximate surface area is 120 Å². The van der Waals surface area contributed by atoms with Gasteiger partial charge in [-0.2, -0.15) is 8.42 Å². The van der Waals surface area contributed by atoms with E-state index in [0.29, 0.717) is 10.8 Å². The first-order chi connectivity index (χ1) is 9.94. The van der Waals surface area contributed by atoms with E-state index in [4.69, 9.17) is 0 Å². The standard InChI is InChI=1S/C14H9NO5S/c1-2-21(18,19)20-15-13(16)10-7-3-5-9-6-4-8-11(12(9)10)14(15)17/h2-8H,1H2. The van der Waals surface area contributed by atoms with Crippen LogP contribution >= 0.6 is 0 Å². The molecular formula is C14H9NO5S. The molecule has 0 bridgehead atoms. The van der Waals surface area contributed by atoms with Crippen molar-refractivity contribution in [1.29, 1.82) is 0 Å². The van der Waals surface area contributed by atoms with Crippen LogP contribution in [0.25, 0.3) is 10.8 Å². The van der Waals surface area contributed by atoms with E-state index in [0.717, 1.165) is 5.39 Å². The van der Waals surface area contributed by atoms with Crippen LogP contribution in [0.2, 0.25) is 0 Å². The van der Waals surface area contributed by atoms with E-state index in [-0.39, 0.29) is 16.2 Å². The normalized spacial score (nSPS) is 14.6. The number of amides is 2. The zero-order valence-electron chi connectivity index (χ0n) is 10.6. The molecule has 0 fully saturated rings. The molecule has 0 saturated carbocycles. The summed E-state index contributed by atoms with van der Waals surface area (Å²) in [6, 6.07) is 9.85. The second-order valence-corrected chi connectivity index (χ2v) is 5.82. The number of carbonyl (C=O) groups excluding carboxylic acids is 2. The van der Waals surface area contributed by atoms with Gasteiger partial charge in [-0.15, -0.1) is 9.35 Å². The highest BCUT2D eigenvalue weighted by Gasteiger charge is 2.36. The van der Waals surface area contributed by atoms with Crippen molar-refractivity contribution >= 4 is 32.7 Å². The summed E-state index contributed by atoms with van der Waals surface area (Å²) < 4.78 is 27.4. The smallest absolute Gasteiger partial charge is 0.266 e. The number of hydrogen-bond donors (Lipinski definition) is 0. The zero-order valence-corrected chi connectivity index (χ0v) is 11.5. The SMILES string of the molecule is C=CS(=O)(=O)ON1C(=O)c2cccc3cccc(c23)C1=O. The van der Waals surface area contributed by atoms with Crippen molar-refractivity contribution in [3.63, 3.8) is 0 Å². The van der Waals surface area contributed by atoms with Gasteiger partial charge in [-0.05, 0) is 17.5 Å². The van der Waals surface area contributed by atoms with E-state index in [9.17, 15) is 18.0 Å². The minimum Gasteiger partial charge on any atom is -0.266 e. The summed E-state index contributed by atoms with van der Waals surface area (Å²) in [5.74, 6) is -1.65. The summed E-state index contributed by atoms with van der Waals surface area (Å²) in [5, 5.41) is 1.98. The van der Waals surface area contributed by atoms with Crippen LogP contribution in [0.3, 0.4) is 0 Å². The summed E-state index contributed by atoms with van der Waals surface area (Å²) in [7, 11) is -4.21. The third kappa shape index (κ3) is 2.03. The molecule has 0 aromatic heterocycles. The highest BCUT2D eigenvalue weighted by molar-refractivity contribution is 7.89. The molecule has 0 spiro atoms. The Morgan fingerprint density at radius 2 is 1.52 bits per heavy atom. The lowest BCUT2D eigenvalue weighted by Gasteiger charge is -2.24. The van der Waals surface area contributed by atoms with Gasteiger partial charge in [0.05, 0.1) is 16.5 Å². The van der Waals surface area contributed by atoms with Gasteiger partial charge < -0.3 is 0 Å². The first-order valence-electron chi connectivity index (χ1n) is 5.92. The Morgan fingerprint density at radius 3 is 2.00 bits per heavy atom. The number of hydroxylamine groups is 2. The summed E-state index contributed by atoms with van der Waals surface area (Å²) in [5.41, 5.74) is 0.420. The predicted molar refractivity (Wildman–Crippen MR) is 74.6 cm³/mol. The molecule has 1 heterocycles. The van der Waals surface area contributed by atoms with Crippen LogP contribution in [0.4, 0.5) is 0 Å². The first-order valence-corrected chi connectivity index (χ1v) is 7.39. The van der Waals surface area contributed by atoms with Gasteiger partial charge in [0.1, 0.15) is 0 Å². The van der Waals surface area contributed by atoms with Crippen molar-refractivity contribution in [3.8, 4) is 0 Å². The second-order valence-electron chi connectivity index (χ2n) is 4.35. The summed E-state index contributed by atoms with van der Waals surface area (Å²) in [6.45, 7) is 3.07. The number of nitrogens with zero attached hydrogens (tertiary/aromatic N) is 1. The molecule has 21 heavy (non-hydrogen) atoms. The van der Waals surface area contributed by atoms with Crippen LogP contribution in [0.15, 0.2) is 48.4 Å². The fourth-order valence-electron chi connectivity index (χ4n) is 2.21. The lowest BCUT2D eigenvalue weighted by Crippen LogP contribution is -2.41. The van der Waals surface area contributed by atoms with Gasteiger partial charge in [0, 0.05) is 5.39 Å². The fourth-order valence-corrected chi connectivity index (χ4v) is 2.61. The van der Waals surface area contributed by atoms with E-state index in [1.165, 1.54) is 12.1 Å². The van der Waals surface area contributed by atoms with Crippen LogP contribution in [-0.2, 0) is 14.4 Å². The topological polar surface area (TPSA) is 80.8 Å². The lowest BCUT2D eigenvalue weighted by atomic mass is 9.95. The highest BCUT2D eigenvalue weighted by atomic mass is 32.2. The third-order valence-corrected chi connectivity index (χ3v) is 3.88. The molecule has 2 amide bonds. The van der Waals surface area contributed by atoms with Crippen LogP contribution in [0, 0.1) is 0 Å². The van der Waals surface area contributed by atoms with Crippen molar-refractivity contribution in [2.45, 2.75) is 0 Å². The van der Waals surface area contributed by atoms with E-state index in [2.05, 4.69) is 10.9 Å². The molecule has 0 radical (unpaired) electrons. The maximum atomic E-state index is 12.3. The minimum atomic E-state index is -4.21. The van der Waals surface area contributed by atoms with E-state index >= 15 is 0 Å². The van der Waals surface area contributed by atoms with Gasteiger partial charge in [-0.25, -0.2) is 0 Å². The summed E-state index contributed by atoms with van der Waals surface area (Å²) in [6.07, 6.45) is 0. The van der Waals surface area contributed by atoms with Crippen molar-refractivity contribution in [1.82, 2.24) is 5.06 Å². The molecule has 0 saturated heterocycles. The van der Waals surface area contributed by atoms with Gasteiger partial charge in [0.2, 0.25) is 0 Å². The minimum absolute atomic E-state index is 0.210. The molecule has 106 valence electrons. The quantitative estimate of drug-likeness (QED) is 0.808. The Bertz CT molecular complexity index is 850. The summed E-state index contributed by atoms with van der Waals surface area (Å²) in [4.78, 5) is 24.6. The van der Waals surface area contributed by atoms with Crippen molar-refractivity contribution in [2.75, 3.05) is 0 Å². The molecule has 1 aliphatic rings. The van der Waals surface area contributed by atoms with Gasteiger partial charge in [-0.1, -0.05) is 30.8 Å². The molecular weight excluding hydrogens is 294 g/mol. The van der Waals surface area contributed by atoms with Crippen molar-refractivity contribution in [3.05, 3.63) is 59.5 Å². The molecule has 7 heteroatoms. The fraction of sp³-hybridized carbons (Fsp3) is 0. The second kappa shape index (κ2) is 4.51. The monoisotopic (exact) mass is 303 g/mol. The van der Waals surface area contributed by atoms with Gasteiger partial charge >= 0.3 is 10.1 Å².